The lowest BCUT2D eigenvalue weighted by Gasteiger charge is -2.33. The summed E-state index contributed by atoms with van der Waals surface area (Å²) in [5.74, 6) is -0.661. The molecule has 10 heteroatoms. The van der Waals surface area contributed by atoms with Crippen molar-refractivity contribution in [2.75, 3.05) is 25.0 Å². The van der Waals surface area contributed by atoms with Crippen LogP contribution in [0.25, 0.3) is 0 Å². The molecular formula is C29H34ClN3O5S. The van der Waals surface area contributed by atoms with Crippen LogP contribution < -0.4 is 14.4 Å². The second-order valence-corrected chi connectivity index (χ2v) is 11.4. The molecule has 0 saturated heterocycles. The van der Waals surface area contributed by atoms with Crippen LogP contribution in [0.5, 0.6) is 5.75 Å². The molecule has 0 aliphatic rings. The van der Waals surface area contributed by atoms with E-state index in [1.165, 1.54) is 37.3 Å². The summed E-state index contributed by atoms with van der Waals surface area (Å²) >= 11 is 6.27. The van der Waals surface area contributed by atoms with Gasteiger partial charge in [-0.3, -0.25) is 13.9 Å². The second kappa shape index (κ2) is 13.0. The van der Waals surface area contributed by atoms with Crippen molar-refractivity contribution in [1.29, 1.82) is 0 Å². The second-order valence-electron chi connectivity index (χ2n) is 9.13. The maximum Gasteiger partial charge on any atom is 0.264 e. The number of rotatable bonds is 11. The number of carbonyl (C=O) groups excluding carboxylic acids is 2. The van der Waals surface area contributed by atoms with Gasteiger partial charge in [0.25, 0.3) is 10.0 Å². The van der Waals surface area contributed by atoms with E-state index in [4.69, 9.17) is 16.3 Å². The average molecular weight is 572 g/mol. The Kier molecular flexibility index (Phi) is 9.99. The van der Waals surface area contributed by atoms with Gasteiger partial charge >= 0.3 is 0 Å². The molecule has 0 bridgehead atoms. The SMILES string of the molecule is CC[C@H](C(=O)NC)N(Cc1ccccc1C)C(=O)CN(c1cc(Cl)ccc1OC)S(=O)(=O)c1ccc(C)cc1. The third-order valence-corrected chi connectivity index (χ3v) is 8.54. The predicted molar refractivity (Wildman–Crippen MR) is 154 cm³/mol. The van der Waals surface area contributed by atoms with E-state index in [2.05, 4.69) is 5.32 Å². The lowest BCUT2D eigenvalue weighted by Crippen LogP contribution is -2.51. The van der Waals surface area contributed by atoms with Gasteiger partial charge in [-0.05, 0) is 61.7 Å². The van der Waals surface area contributed by atoms with E-state index in [1.54, 1.807) is 31.2 Å². The van der Waals surface area contributed by atoms with Gasteiger partial charge in [0.15, 0.2) is 0 Å². The summed E-state index contributed by atoms with van der Waals surface area (Å²) in [5, 5.41) is 2.90. The Morgan fingerprint density at radius 3 is 2.28 bits per heavy atom. The fourth-order valence-electron chi connectivity index (χ4n) is 4.27. The van der Waals surface area contributed by atoms with Crippen molar-refractivity contribution in [3.63, 3.8) is 0 Å². The number of anilines is 1. The van der Waals surface area contributed by atoms with Crippen molar-refractivity contribution in [1.82, 2.24) is 10.2 Å². The average Bonchev–Trinajstić information content (AvgIpc) is 2.92. The molecule has 0 saturated carbocycles. The molecule has 0 radical (unpaired) electrons. The molecule has 208 valence electrons. The number of hydrogen-bond acceptors (Lipinski definition) is 5. The first-order valence-electron chi connectivity index (χ1n) is 12.5. The summed E-state index contributed by atoms with van der Waals surface area (Å²) < 4.78 is 34.4. The number of benzene rings is 3. The number of amides is 2. The molecule has 0 unspecified atom stereocenters. The fourth-order valence-corrected chi connectivity index (χ4v) is 5.85. The monoisotopic (exact) mass is 571 g/mol. The molecule has 0 aromatic heterocycles. The van der Waals surface area contributed by atoms with E-state index in [0.717, 1.165) is 21.0 Å². The highest BCUT2D eigenvalue weighted by Crippen LogP contribution is 2.35. The van der Waals surface area contributed by atoms with Crippen LogP contribution in [-0.2, 0) is 26.2 Å². The summed E-state index contributed by atoms with van der Waals surface area (Å²) in [5.41, 5.74) is 2.80. The predicted octanol–water partition coefficient (Wildman–Crippen LogP) is 4.71. The van der Waals surface area contributed by atoms with Crippen LogP contribution in [0.2, 0.25) is 5.02 Å². The molecule has 3 aromatic carbocycles. The Morgan fingerprint density at radius 2 is 1.69 bits per heavy atom. The number of nitrogens with one attached hydrogen (secondary N) is 1. The number of hydrogen-bond donors (Lipinski definition) is 1. The Bertz CT molecular complexity index is 1430. The summed E-state index contributed by atoms with van der Waals surface area (Å²) in [4.78, 5) is 28.3. The minimum Gasteiger partial charge on any atom is -0.495 e. The molecule has 0 spiro atoms. The molecule has 1 atom stereocenters. The lowest BCUT2D eigenvalue weighted by molar-refractivity contribution is -0.140. The quantitative estimate of drug-likeness (QED) is 0.359. The minimum atomic E-state index is -4.24. The summed E-state index contributed by atoms with van der Waals surface area (Å²) in [6.07, 6.45) is 0.336. The molecular weight excluding hydrogens is 538 g/mol. The lowest BCUT2D eigenvalue weighted by atomic mass is 10.1. The third-order valence-electron chi connectivity index (χ3n) is 6.53. The Hall–Kier alpha value is -3.56. The van der Waals surface area contributed by atoms with Gasteiger partial charge in [-0.2, -0.15) is 0 Å². The molecule has 2 amide bonds. The highest BCUT2D eigenvalue weighted by Gasteiger charge is 2.34. The van der Waals surface area contributed by atoms with Gasteiger partial charge in [-0.25, -0.2) is 8.42 Å². The standard InChI is InChI=1S/C29H34ClN3O5S/c1-6-25(29(35)31-4)32(18-22-10-8-7-9-21(22)3)28(34)19-33(26-17-23(30)13-16-27(26)38-5)39(36,37)24-14-11-20(2)12-15-24/h7-17,25H,6,18-19H2,1-5H3,(H,31,35)/t25-/m1/s1. The van der Waals surface area contributed by atoms with Crippen molar-refractivity contribution in [3.8, 4) is 5.75 Å². The molecule has 39 heavy (non-hydrogen) atoms. The minimum absolute atomic E-state index is 0.00623. The molecule has 0 aliphatic heterocycles. The normalized spacial score (nSPS) is 11.9. The zero-order valence-corrected chi connectivity index (χ0v) is 24.3. The first-order valence-corrected chi connectivity index (χ1v) is 14.3. The van der Waals surface area contributed by atoms with Gasteiger partial charge in [0.1, 0.15) is 18.3 Å². The molecule has 3 aromatic rings. The summed E-state index contributed by atoms with van der Waals surface area (Å²) in [6, 6.07) is 17.7. The van der Waals surface area contributed by atoms with Crippen molar-refractivity contribution in [3.05, 3.63) is 88.4 Å². The number of methoxy groups -OCH3 is 1. The summed E-state index contributed by atoms with van der Waals surface area (Å²) in [7, 11) is -1.32. The topological polar surface area (TPSA) is 96.0 Å². The zero-order valence-electron chi connectivity index (χ0n) is 22.8. The van der Waals surface area contributed by atoms with Crippen LogP contribution in [-0.4, -0.2) is 51.9 Å². The van der Waals surface area contributed by atoms with Gasteiger partial charge < -0.3 is 15.0 Å². The van der Waals surface area contributed by atoms with Crippen molar-refractivity contribution >= 4 is 39.1 Å². The van der Waals surface area contributed by atoms with Crippen molar-refractivity contribution < 1.29 is 22.7 Å². The number of sulfonamides is 1. The fraction of sp³-hybridized carbons (Fsp3) is 0.310. The maximum absolute atomic E-state index is 14.0. The third kappa shape index (κ3) is 6.91. The van der Waals surface area contributed by atoms with Crippen LogP contribution in [0.3, 0.4) is 0 Å². The van der Waals surface area contributed by atoms with E-state index in [-0.39, 0.29) is 33.8 Å². The number of likely N-dealkylation sites (N-methyl/N-ethyl adjacent to an activating group) is 1. The molecule has 1 N–H and O–H groups in total. The summed E-state index contributed by atoms with van der Waals surface area (Å²) in [6.45, 7) is 5.13. The number of nitrogens with zero attached hydrogens (tertiary/aromatic N) is 2. The van der Waals surface area contributed by atoms with E-state index in [0.29, 0.717) is 6.42 Å². The van der Waals surface area contributed by atoms with Crippen LogP contribution >= 0.6 is 11.6 Å². The molecule has 0 aliphatic carbocycles. The van der Waals surface area contributed by atoms with E-state index in [1.807, 2.05) is 38.1 Å². The van der Waals surface area contributed by atoms with Gasteiger partial charge in [-0.1, -0.05) is 60.5 Å². The number of halogens is 1. The first-order chi connectivity index (χ1) is 18.5. The first kappa shape index (κ1) is 30.0. The van der Waals surface area contributed by atoms with Crippen LogP contribution in [0.1, 0.15) is 30.0 Å². The van der Waals surface area contributed by atoms with Crippen molar-refractivity contribution in [2.45, 2.75) is 44.7 Å². The Labute approximate surface area is 235 Å². The molecule has 8 nitrogen and oxygen atoms in total. The van der Waals surface area contributed by atoms with Gasteiger partial charge in [0.2, 0.25) is 11.8 Å². The van der Waals surface area contributed by atoms with Gasteiger partial charge in [0, 0.05) is 18.6 Å². The molecule has 3 rings (SSSR count). The van der Waals surface area contributed by atoms with Crippen LogP contribution in [0.15, 0.2) is 71.6 Å². The van der Waals surface area contributed by atoms with E-state index in [9.17, 15) is 18.0 Å². The highest BCUT2D eigenvalue weighted by molar-refractivity contribution is 7.92. The number of carbonyl (C=O) groups is 2. The van der Waals surface area contributed by atoms with Gasteiger partial charge in [0.05, 0.1) is 17.7 Å². The van der Waals surface area contributed by atoms with Gasteiger partial charge in [-0.15, -0.1) is 0 Å². The number of aryl methyl sites for hydroxylation is 2. The largest absolute Gasteiger partial charge is 0.495 e. The molecule has 0 heterocycles. The Balaban J connectivity index is 2.14. The number of ether oxygens (including phenoxy) is 1. The van der Waals surface area contributed by atoms with Crippen LogP contribution in [0, 0.1) is 13.8 Å². The Morgan fingerprint density at radius 1 is 1.03 bits per heavy atom. The van der Waals surface area contributed by atoms with E-state index >= 15 is 0 Å². The van der Waals surface area contributed by atoms with Crippen LogP contribution in [0.4, 0.5) is 5.69 Å². The highest BCUT2D eigenvalue weighted by atomic mass is 35.5. The smallest absolute Gasteiger partial charge is 0.264 e. The van der Waals surface area contributed by atoms with E-state index < -0.39 is 28.5 Å². The zero-order chi connectivity index (χ0) is 28.7. The maximum atomic E-state index is 14.0. The van der Waals surface area contributed by atoms with Crippen molar-refractivity contribution in [2.24, 2.45) is 0 Å². The molecule has 0 fully saturated rings.